The zero-order valence-electron chi connectivity index (χ0n) is 9.90. The molecule has 0 fully saturated rings. The topological polar surface area (TPSA) is 42.2 Å². The van der Waals surface area contributed by atoms with E-state index in [1.54, 1.807) is 12.3 Å². The summed E-state index contributed by atoms with van der Waals surface area (Å²) in [7, 11) is 1.89. The average Bonchev–Trinajstić information content (AvgIpc) is 2.35. The van der Waals surface area contributed by atoms with Crippen molar-refractivity contribution in [3.63, 3.8) is 0 Å². The predicted octanol–water partition coefficient (Wildman–Crippen LogP) is 3.20. The van der Waals surface area contributed by atoms with Crippen molar-refractivity contribution in [1.29, 1.82) is 0 Å². The molecule has 0 saturated carbocycles. The standard InChI is InChI=1S/C13H13BrFN3/c1-18(8-9-4-2-3-5-17-9)13-6-10(14)11(15)7-12(13)16/h2-7H,8,16H2,1H3. The predicted molar refractivity (Wildman–Crippen MR) is 74.9 cm³/mol. The smallest absolute Gasteiger partial charge is 0.139 e. The Labute approximate surface area is 114 Å². The van der Waals surface area contributed by atoms with E-state index in [-0.39, 0.29) is 5.82 Å². The van der Waals surface area contributed by atoms with Crippen molar-refractivity contribution >= 4 is 27.3 Å². The van der Waals surface area contributed by atoms with Crippen LogP contribution in [-0.2, 0) is 6.54 Å². The summed E-state index contributed by atoms with van der Waals surface area (Å²) in [6, 6.07) is 8.72. The van der Waals surface area contributed by atoms with Crippen LogP contribution in [-0.4, -0.2) is 12.0 Å². The summed E-state index contributed by atoms with van der Waals surface area (Å²) in [6.45, 7) is 0.614. The lowest BCUT2D eigenvalue weighted by atomic mass is 10.2. The van der Waals surface area contributed by atoms with Crippen LogP contribution in [0.5, 0.6) is 0 Å². The zero-order valence-corrected chi connectivity index (χ0v) is 11.5. The number of pyridine rings is 1. The quantitative estimate of drug-likeness (QED) is 0.885. The second-order valence-corrected chi connectivity index (χ2v) is 4.86. The van der Waals surface area contributed by atoms with Crippen molar-refractivity contribution < 1.29 is 4.39 Å². The van der Waals surface area contributed by atoms with Crippen molar-refractivity contribution in [3.05, 3.63) is 52.5 Å². The van der Waals surface area contributed by atoms with Crippen molar-refractivity contribution in [1.82, 2.24) is 4.98 Å². The summed E-state index contributed by atoms with van der Waals surface area (Å²) < 4.78 is 13.7. The summed E-state index contributed by atoms with van der Waals surface area (Å²) in [6.07, 6.45) is 1.74. The van der Waals surface area contributed by atoms with Gasteiger partial charge in [0.2, 0.25) is 0 Å². The SMILES string of the molecule is CN(Cc1ccccn1)c1cc(Br)c(F)cc1N. The molecule has 0 aliphatic carbocycles. The molecule has 0 radical (unpaired) electrons. The first kappa shape index (κ1) is 12.8. The monoisotopic (exact) mass is 309 g/mol. The Bertz CT molecular complexity index is 545. The minimum atomic E-state index is -0.359. The molecule has 2 rings (SSSR count). The highest BCUT2D eigenvalue weighted by molar-refractivity contribution is 9.10. The third kappa shape index (κ3) is 2.79. The van der Waals surface area contributed by atoms with Gasteiger partial charge in [0.15, 0.2) is 0 Å². The van der Waals surface area contributed by atoms with E-state index in [1.807, 2.05) is 30.1 Å². The number of nitrogens with two attached hydrogens (primary N) is 1. The summed E-state index contributed by atoms with van der Waals surface area (Å²) in [5.74, 6) is -0.359. The molecule has 1 aromatic heterocycles. The number of hydrogen-bond donors (Lipinski definition) is 1. The van der Waals surface area contributed by atoms with Gasteiger partial charge in [0, 0.05) is 19.3 Å². The van der Waals surface area contributed by atoms with Gasteiger partial charge in [0.05, 0.1) is 28.1 Å². The summed E-state index contributed by atoms with van der Waals surface area (Å²) >= 11 is 3.16. The van der Waals surface area contributed by atoms with Gasteiger partial charge in [-0.05, 0) is 34.1 Å². The third-order valence-electron chi connectivity index (χ3n) is 2.61. The van der Waals surface area contributed by atoms with E-state index >= 15 is 0 Å². The Morgan fingerprint density at radius 2 is 2.17 bits per heavy atom. The molecule has 2 N–H and O–H groups in total. The fourth-order valence-corrected chi connectivity index (χ4v) is 2.03. The van der Waals surface area contributed by atoms with Gasteiger partial charge >= 0.3 is 0 Å². The second-order valence-electron chi connectivity index (χ2n) is 4.00. The molecule has 1 heterocycles. The van der Waals surface area contributed by atoms with Crippen LogP contribution in [0.25, 0.3) is 0 Å². The van der Waals surface area contributed by atoms with Crippen LogP contribution in [0.3, 0.4) is 0 Å². The molecule has 18 heavy (non-hydrogen) atoms. The molecule has 0 spiro atoms. The lowest BCUT2D eigenvalue weighted by Gasteiger charge is -2.21. The average molecular weight is 310 g/mol. The second kappa shape index (κ2) is 5.35. The summed E-state index contributed by atoms with van der Waals surface area (Å²) in [5, 5.41) is 0. The van der Waals surface area contributed by atoms with E-state index in [2.05, 4.69) is 20.9 Å². The minimum Gasteiger partial charge on any atom is -0.397 e. The normalized spacial score (nSPS) is 10.4. The molecular weight excluding hydrogens is 297 g/mol. The van der Waals surface area contributed by atoms with E-state index in [4.69, 9.17) is 5.73 Å². The van der Waals surface area contributed by atoms with Gasteiger partial charge in [-0.15, -0.1) is 0 Å². The molecule has 0 amide bonds. The number of benzene rings is 1. The van der Waals surface area contributed by atoms with Crippen molar-refractivity contribution in [3.8, 4) is 0 Å². The molecule has 0 unspecified atom stereocenters. The van der Waals surface area contributed by atoms with Crippen molar-refractivity contribution in [2.75, 3.05) is 17.7 Å². The van der Waals surface area contributed by atoms with E-state index in [0.29, 0.717) is 16.7 Å². The fraction of sp³-hybridized carbons (Fsp3) is 0.154. The molecule has 0 atom stereocenters. The number of rotatable bonds is 3. The maximum absolute atomic E-state index is 13.3. The lowest BCUT2D eigenvalue weighted by Crippen LogP contribution is -2.18. The molecular formula is C13H13BrFN3. The van der Waals surface area contributed by atoms with Crippen LogP contribution >= 0.6 is 15.9 Å². The molecule has 3 nitrogen and oxygen atoms in total. The van der Waals surface area contributed by atoms with Gasteiger partial charge in [-0.25, -0.2) is 4.39 Å². The molecule has 2 aromatic rings. The van der Waals surface area contributed by atoms with Gasteiger partial charge in [0.25, 0.3) is 0 Å². The van der Waals surface area contributed by atoms with Crippen LogP contribution in [0.1, 0.15) is 5.69 Å². The number of nitrogens with zero attached hydrogens (tertiary/aromatic N) is 2. The number of anilines is 2. The van der Waals surface area contributed by atoms with Gasteiger partial charge in [0.1, 0.15) is 5.82 Å². The molecule has 94 valence electrons. The van der Waals surface area contributed by atoms with Gasteiger partial charge in [-0.2, -0.15) is 0 Å². The maximum Gasteiger partial charge on any atom is 0.139 e. The summed E-state index contributed by atoms with van der Waals surface area (Å²) in [4.78, 5) is 6.18. The Hall–Kier alpha value is -1.62. The van der Waals surface area contributed by atoms with Crippen LogP contribution in [0.2, 0.25) is 0 Å². The summed E-state index contributed by atoms with van der Waals surface area (Å²) in [5.41, 5.74) is 7.94. The first-order valence-electron chi connectivity index (χ1n) is 5.43. The molecule has 0 aliphatic heterocycles. The number of nitrogen functional groups attached to an aromatic ring is 1. The molecule has 0 saturated heterocycles. The number of halogens is 2. The highest BCUT2D eigenvalue weighted by atomic mass is 79.9. The maximum atomic E-state index is 13.3. The lowest BCUT2D eigenvalue weighted by molar-refractivity contribution is 0.621. The molecule has 0 bridgehead atoms. The van der Waals surface area contributed by atoms with E-state index in [9.17, 15) is 4.39 Å². The molecule has 1 aromatic carbocycles. The van der Waals surface area contributed by atoms with Crippen LogP contribution in [0.4, 0.5) is 15.8 Å². The van der Waals surface area contributed by atoms with Gasteiger partial charge in [-0.3, -0.25) is 4.98 Å². The minimum absolute atomic E-state index is 0.359. The Morgan fingerprint density at radius 1 is 1.39 bits per heavy atom. The van der Waals surface area contributed by atoms with Crippen molar-refractivity contribution in [2.45, 2.75) is 6.54 Å². The van der Waals surface area contributed by atoms with E-state index in [1.165, 1.54) is 6.07 Å². The first-order valence-corrected chi connectivity index (χ1v) is 6.23. The highest BCUT2D eigenvalue weighted by Crippen LogP contribution is 2.29. The highest BCUT2D eigenvalue weighted by Gasteiger charge is 2.10. The van der Waals surface area contributed by atoms with Crippen LogP contribution in [0, 0.1) is 5.82 Å². The Kier molecular flexibility index (Phi) is 3.81. The molecule has 5 heteroatoms. The van der Waals surface area contributed by atoms with Gasteiger partial charge in [-0.1, -0.05) is 6.07 Å². The van der Waals surface area contributed by atoms with Crippen LogP contribution in [0.15, 0.2) is 41.0 Å². The Morgan fingerprint density at radius 3 is 2.83 bits per heavy atom. The molecule has 0 aliphatic rings. The third-order valence-corrected chi connectivity index (χ3v) is 3.21. The van der Waals surface area contributed by atoms with Gasteiger partial charge < -0.3 is 10.6 Å². The van der Waals surface area contributed by atoms with Crippen LogP contribution < -0.4 is 10.6 Å². The number of aromatic nitrogens is 1. The van der Waals surface area contributed by atoms with E-state index < -0.39 is 0 Å². The number of hydrogen-bond acceptors (Lipinski definition) is 3. The zero-order chi connectivity index (χ0) is 13.1. The Balaban J connectivity index is 2.24. The largest absolute Gasteiger partial charge is 0.397 e. The van der Waals surface area contributed by atoms with Crippen molar-refractivity contribution in [2.24, 2.45) is 0 Å². The first-order chi connectivity index (χ1) is 8.58. The fourth-order valence-electron chi connectivity index (χ4n) is 1.70. The van der Waals surface area contributed by atoms with E-state index in [0.717, 1.165) is 11.4 Å².